The summed E-state index contributed by atoms with van der Waals surface area (Å²) in [6.07, 6.45) is 1.52. The van der Waals surface area contributed by atoms with E-state index in [0.717, 1.165) is 10.0 Å². The van der Waals surface area contributed by atoms with Crippen LogP contribution in [0, 0.1) is 11.3 Å². The second-order valence-corrected chi connectivity index (χ2v) is 6.75. The van der Waals surface area contributed by atoms with Crippen molar-refractivity contribution < 1.29 is 9.53 Å². The lowest BCUT2D eigenvalue weighted by molar-refractivity contribution is -0.124. The molecule has 0 saturated heterocycles. The van der Waals surface area contributed by atoms with Crippen LogP contribution in [0.25, 0.3) is 6.08 Å². The molecule has 0 heterocycles. The topological polar surface area (TPSA) is 53.3 Å². The lowest BCUT2D eigenvalue weighted by Gasteiger charge is -2.12. The third kappa shape index (κ3) is 5.09. The molecule has 0 saturated carbocycles. The molecule has 0 radical (unpaired) electrons. The van der Waals surface area contributed by atoms with E-state index in [0.29, 0.717) is 16.3 Å². The lowest BCUT2D eigenvalue weighted by Crippen LogP contribution is -2.22. The number of rotatable bonds is 5. The van der Waals surface area contributed by atoms with Gasteiger partial charge in [0.15, 0.2) is 0 Å². The van der Waals surface area contributed by atoms with Crippen molar-refractivity contribution in [1.82, 2.24) is 4.90 Å². The highest BCUT2D eigenvalue weighted by Crippen LogP contribution is 2.27. The molecule has 0 aromatic heterocycles. The Morgan fingerprint density at radius 2 is 2.04 bits per heavy atom. The van der Waals surface area contributed by atoms with E-state index < -0.39 is 0 Å². The SMILES string of the molecule is CN(C)C(=O)/C(C#N)=C\c1cc(Br)ccc1OCc1ccccc1Cl. The molecule has 6 heteroatoms. The normalized spacial score (nSPS) is 10.9. The quantitative estimate of drug-likeness (QED) is 0.522. The Bertz CT molecular complexity index is 857. The summed E-state index contributed by atoms with van der Waals surface area (Å²) in [5, 5.41) is 9.90. The zero-order valence-electron chi connectivity index (χ0n) is 13.8. The number of likely N-dealkylation sites (N-methyl/N-ethyl adjacent to an activating group) is 1. The number of hydrogen-bond donors (Lipinski definition) is 0. The van der Waals surface area contributed by atoms with Crippen LogP contribution in [0.1, 0.15) is 11.1 Å². The summed E-state index contributed by atoms with van der Waals surface area (Å²) in [6, 6.07) is 14.8. The second-order valence-electron chi connectivity index (χ2n) is 5.43. The molecule has 0 aliphatic heterocycles. The van der Waals surface area contributed by atoms with E-state index in [9.17, 15) is 10.1 Å². The minimum absolute atomic E-state index is 0.0330. The average molecular weight is 420 g/mol. The maximum Gasteiger partial charge on any atom is 0.264 e. The molecule has 0 spiro atoms. The highest BCUT2D eigenvalue weighted by Gasteiger charge is 2.13. The van der Waals surface area contributed by atoms with Gasteiger partial charge in [-0.3, -0.25) is 4.79 Å². The first-order valence-corrected chi connectivity index (χ1v) is 8.58. The summed E-state index contributed by atoms with van der Waals surface area (Å²) in [4.78, 5) is 13.4. The third-order valence-corrected chi connectivity index (χ3v) is 4.23. The van der Waals surface area contributed by atoms with Crippen molar-refractivity contribution in [3.05, 3.63) is 68.7 Å². The predicted octanol–water partition coefficient (Wildman–Crippen LogP) is 4.68. The summed E-state index contributed by atoms with van der Waals surface area (Å²) in [7, 11) is 3.20. The Balaban J connectivity index is 2.33. The first-order valence-electron chi connectivity index (χ1n) is 7.41. The van der Waals surface area contributed by atoms with Gasteiger partial charge in [0, 0.05) is 34.7 Å². The van der Waals surface area contributed by atoms with E-state index >= 15 is 0 Å². The first kappa shape index (κ1) is 19.0. The lowest BCUT2D eigenvalue weighted by atomic mass is 10.1. The van der Waals surface area contributed by atoms with Crippen LogP contribution in [-0.2, 0) is 11.4 Å². The predicted molar refractivity (Wildman–Crippen MR) is 102 cm³/mol. The molecule has 0 aliphatic rings. The Kier molecular flexibility index (Phi) is 6.63. The fourth-order valence-corrected chi connectivity index (χ4v) is 2.64. The first-order chi connectivity index (χ1) is 11.9. The van der Waals surface area contributed by atoms with Crippen molar-refractivity contribution >= 4 is 39.5 Å². The number of benzene rings is 2. The van der Waals surface area contributed by atoms with Crippen LogP contribution < -0.4 is 4.74 Å². The van der Waals surface area contributed by atoms with Gasteiger partial charge in [0.05, 0.1) is 0 Å². The van der Waals surface area contributed by atoms with Gasteiger partial charge in [0.1, 0.15) is 24.0 Å². The van der Waals surface area contributed by atoms with Gasteiger partial charge < -0.3 is 9.64 Å². The number of hydrogen-bond acceptors (Lipinski definition) is 3. The maximum absolute atomic E-state index is 12.1. The summed E-state index contributed by atoms with van der Waals surface area (Å²) in [5.74, 6) is 0.196. The molecule has 0 atom stereocenters. The molecule has 0 aliphatic carbocycles. The zero-order valence-corrected chi connectivity index (χ0v) is 16.1. The number of carbonyl (C=O) groups is 1. The van der Waals surface area contributed by atoms with Crippen LogP contribution in [0.3, 0.4) is 0 Å². The Morgan fingerprint density at radius 1 is 1.32 bits per heavy atom. The third-order valence-electron chi connectivity index (χ3n) is 3.37. The number of carbonyl (C=O) groups excluding carboxylic acids is 1. The highest BCUT2D eigenvalue weighted by molar-refractivity contribution is 9.10. The smallest absolute Gasteiger partial charge is 0.264 e. The van der Waals surface area contributed by atoms with Crippen LogP contribution in [0.15, 0.2) is 52.5 Å². The Hall–Kier alpha value is -2.29. The van der Waals surface area contributed by atoms with E-state index in [2.05, 4.69) is 15.9 Å². The summed E-state index contributed by atoms with van der Waals surface area (Å²) in [5.41, 5.74) is 1.52. The summed E-state index contributed by atoms with van der Waals surface area (Å²) >= 11 is 9.54. The molecule has 0 fully saturated rings. The molecule has 2 aromatic rings. The molecular weight excluding hydrogens is 404 g/mol. The van der Waals surface area contributed by atoms with E-state index in [1.807, 2.05) is 30.3 Å². The van der Waals surface area contributed by atoms with Crippen molar-refractivity contribution in [2.75, 3.05) is 14.1 Å². The van der Waals surface area contributed by atoms with Gasteiger partial charge in [-0.25, -0.2) is 0 Å². The molecule has 2 rings (SSSR count). The van der Waals surface area contributed by atoms with Crippen molar-refractivity contribution in [3.63, 3.8) is 0 Å². The highest BCUT2D eigenvalue weighted by atomic mass is 79.9. The number of halogens is 2. The van der Waals surface area contributed by atoms with Gasteiger partial charge in [-0.2, -0.15) is 5.26 Å². The molecule has 2 aromatic carbocycles. The molecule has 0 unspecified atom stereocenters. The number of ether oxygens (including phenoxy) is 1. The average Bonchev–Trinajstić information content (AvgIpc) is 2.59. The molecule has 0 N–H and O–H groups in total. The van der Waals surface area contributed by atoms with E-state index in [-0.39, 0.29) is 18.1 Å². The molecule has 25 heavy (non-hydrogen) atoms. The van der Waals surface area contributed by atoms with Crippen molar-refractivity contribution in [1.29, 1.82) is 5.26 Å². The van der Waals surface area contributed by atoms with Crippen LogP contribution in [-0.4, -0.2) is 24.9 Å². The van der Waals surface area contributed by atoms with Gasteiger partial charge in [-0.05, 0) is 30.3 Å². The standard InChI is InChI=1S/C19H16BrClN2O2/c1-23(2)19(24)15(11-22)9-14-10-16(20)7-8-18(14)25-12-13-5-3-4-6-17(13)21/h3-10H,12H2,1-2H3/b15-9-. The summed E-state index contributed by atoms with van der Waals surface area (Å²) in [6.45, 7) is 0.283. The van der Waals surface area contributed by atoms with Gasteiger partial charge >= 0.3 is 0 Å². The van der Waals surface area contributed by atoms with Crippen LogP contribution >= 0.6 is 27.5 Å². The van der Waals surface area contributed by atoms with E-state index in [1.165, 1.54) is 11.0 Å². The Morgan fingerprint density at radius 3 is 2.68 bits per heavy atom. The monoisotopic (exact) mass is 418 g/mol. The van der Waals surface area contributed by atoms with Crippen LogP contribution in [0.2, 0.25) is 5.02 Å². The van der Waals surface area contributed by atoms with Crippen molar-refractivity contribution in [3.8, 4) is 11.8 Å². The van der Waals surface area contributed by atoms with Gasteiger partial charge in [0.25, 0.3) is 5.91 Å². The molecular formula is C19H16BrClN2O2. The van der Waals surface area contributed by atoms with Gasteiger partial charge in [-0.1, -0.05) is 45.7 Å². The van der Waals surface area contributed by atoms with Gasteiger partial charge in [0.2, 0.25) is 0 Å². The number of nitriles is 1. The molecule has 4 nitrogen and oxygen atoms in total. The van der Waals surface area contributed by atoms with Crippen LogP contribution in [0.4, 0.5) is 0 Å². The zero-order chi connectivity index (χ0) is 18.4. The fraction of sp³-hybridized carbons (Fsp3) is 0.158. The number of nitrogens with zero attached hydrogens (tertiary/aromatic N) is 2. The molecule has 0 bridgehead atoms. The second kappa shape index (κ2) is 8.70. The Labute approximate surface area is 160 Å². The van der Waals surface area contributed by atoms with Crippen LogP contribution in [0.5, 0.6) is 5.75 Å². The minimum atomic E-state index is -0.362. The minimum Gasteiger partial charge on any atom is -0.488 e. The van der Waals surface area contributed by atoms with E-state index in [1.54, 1.807) is 32.3 Å². The maximum atomic E-state index is 12.1. The fourth-order valence-electron chi connectivity index (χ4n) is 2.07. The molecule has 1 amide bonds. The molecule has 128 valence electrons. The van der Waals surface area contributed by atoms with Gasteiger partial charge in [-0.15, -0.1) is 0 Å². The van der Waals surface area contributed by atoms with Crippen molar-refractivity contribution in [2.24, 2.45) is 0 Å². The largest absolute Gasteiger partial charge is 0.488 e. The number of amides is 1. The summed E-state index contributed by atoms with van der Waals surface area (Å²) < 4.78 is 6.68. The van der Waals surface area contributed by atoms with E-state index in [4.69, 9.17) is 16.3 Å². The van der Waals surface area contributed by atoms with Crippen molar-refractivity contribution in [2.45, 2.75) is 6.61 Å².